The van der Waals surface area contributed by atoms with Crippen LogP contribution >= 0.6 is 0 Å². The average molecular weight is 260 g/mol. The summed E-state index contributed by atoms with van der Waals surface area (Å²) >= 11 is 0. The van der Waals surface area contributed by atoms with Gasteiger partial charge < -0.3 is 9.15 Å². The lowest BCUT2D eigenvalue weighted by Gasteiger charge is -2.17. The van der Waals surface area contributed by atoms with Gasteiger partial charge in [-0.3, -0.25) is 11.3 Å². The summed E-state index contributed by atoms with van der Waals surface area (Å²) in [5, 5.41) is 0. The van der Waals surface area contributed by atoms with E-state index in [9.17, 15) is 0 Å². The van der Waals surface area contributed by atoms with Crippen LogP contribution in [0.15, 0.2) is 47.1 Å². The summed E-state index contributed by atoms with van der Waals surface area (Å²) in [6.45, 7) is 0. The van der Waals surface area contributed by atoms with Crippen molar-refractivity contribution in [3.8, 4) is 5.75 Å². The van der Waals surface area contributed by atoms with E-state index in [0.29, 0.717) is 0 Å². The van der Waals surface area contributed by atoms with Crippen molar-refractivity contribution in [1.82, 2.24) is 5.43 Å². The predicted molar refractivity (Wildman–Crippen MR) is 74.8 cm³/mol. The third-order valence-corrected chi connectivity index (χ3v) is 3.21. The Labute approximate surface area is 113 Å². The maximum atomic E-state index is 5.63. The Kier molecular flexibility index (Phi) is 5.01. The topological polar surface area (TPSA) is 60.4 Å². The Bertz CT molecular complexity index is 483. The third-order valence-electron chi connectivity index (χ3n) is 3.21. The highest BCUT2D eigenvalue weighted by Gasteiger charge is 2.11. The van der Waals surface area contributed by atoms with Crippen LogP contribution in [0, 0.1) is 0 Å². The fourth-order valence-electron chi connectivity index (χ4n) is 2.15. The van der Waals surface area contributed by atoms with E-state index in [1.807, 2.05) is 30.3 Å². The molecule has 0 spiro atoms. The molecule has 0 aliphatic heterocycles. The highest BCUT2D eigenvalue weighted by molar-refractivity contribution is 5.33. The fraction of sp³-hybridized carbons (Fsp3) is 0.333. The minimum absolute atomic E-state index is 0.196. The monoisotopic (exact) mass is 260 g/mol. The number of aryl methyl sites for hydroxylation is 1. The quantitative estimate of drug-likeness (QED) is 0.592. The summed E-state index contributed by atoms with van der Waals surface area (Å²) < 4.78 is 10.7. The van der Waals surface area contributed by atoms with Crippen molar-refractivity contribution in [2.75, 3.05) is 7.11 Å². The minimum atomic E-state index is 0.196. The summed E-state index contributed by atoms with van der Waals surface area (Å²) in [5.41, 5.74) is 4.03. The molecule has 19 heavy (non-hydrogen) atoms. The van der Waals surface area contributed by atoms with E-state index < -0.39 is 0 Å². The van der Waals surface area contributed by atoms with Gasteiger partial charge in [0.05, 0.1) is 13.4 Å². The van der Waals surface area contributed by atoms with Crippen molar-refractivity contribution in [3.63, 3.8) is 0 Å². The molecule has 1 unspecified atom stereocenters. The van der Waals surface area contributed by atoms with Crippen LogP contribution in [0.2, 0.25) is 0 Å². The molecule has 1 aromatic heterocycles. The number of benzene rings is 1. The van der Waals surface area contributed by atoms with E-state index in [0.717, 1.165) is 36.3 Å². The van der Waals surface area contributed by atoms with Crippen molar-refractivity contribution in [2.24, 2.45) is 5.84 Å². The molecule has 2 rings (SSSR count). The van der Waals surface area contributed by atoms with Crippen molar-refractivity contribution in [1.29, 1.82) is 0 Å². The summed E-state index contributed by atoms with van der Waals surface area (Å²) in [5.74, 6) is 7.52. The van der Waals surface area contributed by atoms with E-state index in [2.05, 4.69) is 11.5 Å². The standard InChI is InChI=1S/C15H20N2O2/c1-18-15-7-3-2-5-12(15)11-13(17-16)8-9-14-6-4-10-19-14/h2-7,10,13,17H,8-9,11,16H2,1H3. The zero-order valence-electron chi connectivity index (χ0n) is 11.1. The zero-order valence-corrected chi connectivity index (χ0v) is 11.1. The van der Waals surface area contributed by atoms with Crippen molar-refractivity contribution in [2.45, 2.75) is 25.3 Å². The number of nitrogens with one attached hydrogen (secondary N) is 1. The molecule has 0 bridgehead atoms. The molecule has 1 heterocycles. The molecule has 4 nitrogen and oxygen atoms in total. The van der Waals surface area contributed by atoms with Crippen LogP contribution in [0.25, 0.3) is 0 Å². The lowest BCUT2D eigenvalue weighted by molar-refractivity contribution is 0.400. The SMILES string of the molecule is COc1ccccc1CC(CCc1ccco1)NN. The van der Waals surface area contributed by atoms with Crippen molar-refractivity contribution in [3.05, 3.63) is 54.0 Å². The molecule has 0 radical (unpaired) electrons. The normalized spacial score (nSPS) is 12.3. The largest absolute Gasteiger partial charge is 0.496 e. The number of para-hydroxylation sites is 1. The summed E-state index contributed by atoms with van der Waals surface area (Å²) in [6, 6.07) is 12.1. The van der Waals surface area contributed by atoms with Gasteiger partial charge in [-0.25, -0.2) is 0 Å². The number of ether oxygens (including phenoxy) is 1. The summed E-state index contributed by atoms with van der Waals surface area (Å²) in [4.78, 5) is 0. The van der Waals surface area contributed by atoms with Crippen molar-refractivity contribution >= 4 is 0 Å². The Morgan fingerprint density at radius 1 is 1.26 bits per heavy atom. The van der Waals surface area contributed by atoms with Gasteiger partial charge in [-0.05, 0) is 36.6 Å². The van der Waals surface area contributed by atoms with Crippen LogP contribution in [-0.4, -0.2) is 13.2 Å². The second kappa shape index (κ2) is 6.97. The molecule has 0 fully saturated rings. The maximum absolute atomic E-state index is 5.63. The first kappa shape index (κ1) is 13.6. The number of methoxy groups -OCH3 is 1. The van der Waals surface area contributed by atoms with E-state index in [-0.39, 0.29) is 6.04 Å². The maximum Gasteiger partial charge on any atom is 0.122 e. The molecule has 3 N–H and O–H groups in total. The van der Waals surface area contributed by atoms with Gasteiger partial charge in [-0.2, -0.15) is 0 Å². The first-order valence-corrected chi connectivity index (χ1v) is 6.44. The fourth-order valence-corrected chi connectivity index (χ4v) is 2.15. The van der Waals surface area contributed by atoms with Gasteiger partial charge in [-0.15, -0.1) is 0 Å². The Morgan fingerprint density at radius 2 is 2.11 bits per heavy atom. The van der Waals surface area contributed by atoms with Gasteiger partial charge in [-0.1, -0.05) is 18.2 Å². The predicted octanol–water partition coefficient (Wildman–Crippen LogP) is 2.30. The first-order chi connectivity index (χ1) is 9.33. The van der Waals surface area contributed by atoms with Crippen LogP contribution in [0.1, 0.15) is 17.7 Å². The second-order valence-electron chi connectivity index (χ2n) is 4.50. The number of hydrogen-bond acceptors (Lipinski definition) is 4. The van der Waals surface area contributed by atoms with Crippen LogP contribution in [0.4, 0.5) is 0 Å². The van der Waals surface area contributed by atoms with Crippen molar-refractivity contribution < 1.29 is 9.15 Å². The molecule has 2 aromatic rings. The lowest BCUT2D eigenvalue weighted by Crippen LogP contribution is -2.37. The van der Waals surface area contributed by atoms with Gasteiger partial charge in [0.15, 0.2) is 0 Å². The van der Waals surface area contributed by atoms with E-state index in [4.69, 9.17) is 15.0 Å². The molecule has 0 aliphatic rings. The highest BCUT2D eigenvalue weighted by Crippen LogP contribution is 2.20. The van der Waals surface area contributed by atoms with Crippen LogP contribution in [-0.2, 0) is 12.8 Å². The lowest BCUT2D eigenvalue weighted by atomic mass is 10.0. The van der Waals surface area contributed by atoms with E-state index >= 15 is 0 Å². The molecule has 0 saturated heterocycles. The number of hydrazine groups is 1. The average Bonchev–Trinajstić information content (AvgIpc) is 2.97. The third kappa shape index (κ3) is 3.84. The molecule has 0 amide bonds. The zero-order chi connectivity index (χ0) is 13.5. The smallest absolute Gasteiger partial charge is 0.122 e. The molecular formula is C15H20N2O2. The molecule has 4 heteroatoms. The molecule has 102 valence electrons. The van der Waals surface area contributed by atoms with Crippen LogP contribution in [0.5, 0.6) is 5.75 Å². The van der Waals surface area contributed by atoms with Gasteiger partial charge >= 0.3 is 0 Å². The molecule has 0 saturated carbocycles. The van der Waals surface area contributed by atoms with Gasteiger partial charge in [0, 0.05) is 12.5 Å². The van der Waals surface area contributed by atoms with Crippen LogP contribution in [0.3, 0.4) is 0 Å². The summed E-state index contributed by atoms with van der Waals surface area (Å²) in [7, 11) is 1.69. The van der Waals surface area contributed by atoms with E-state index in [1.165, 1.54) is 0 Å². The number of hydrogen-bond donors (Lipinski definition) is 2. The number of furan rings is 1. The highest BCUT2D eigenvalue weighted by atomic mass is 16.5. The van der Waals surface area contributed by atoms with Gasteiger partial charge in [0.25, 0.3) is 0 Å². The summed E-state index contributed by atoms with van der Waals surface area (Å²) in [6.07, 6.45) is 4.32. The van der Waals surface area contributed by atoms with Gasteiger partial charge in [0.2, 0.25) is 0 Å². The Hall–Kier alpha value is -1.78. The molecule has 1 atom stereocenters. The Morgan fingerprint density at radius 3 is 2.79 bits per heavy atom. The first-order valence-electron chi connectivity index (χ1n) is 6.44. The van der Waals surface area contributed by atoms with Crippen LogP contribution < -0.4 is 16.0 Å². The molecular weight excluding hydrogens is 240 g/mol. The number of rotatable bonds is 7. The van der Waals surface area contributed by atoms with Gasteiger partial charge in [0.1, 0.15) is 11.5 Å². The molecule has 0 aliphatic carbocycles. The number of nitrogens with two attached hydrogens (primary N) is 1. The molecule has 1 aromatic carbocycles. The second-order valence-corrected chi connectivity index (χ2v) is 4.50. The van der Waals surface area contributed by atoms with E-state index in [1.54, 1.807) is 13.4 Å². The minimum Gasteiger partial charge on any atom is -0.496 e. The Balaban J connectivity index is 1.94.